The Morgan fingerprint density at radius 1 is 0.900 bits per heavy atom. The number of aldehydes is 1. The van der Waals surface area contributed by atoms with Gasteiger partial charge >= 0.3 is 6.18 Å². The lowest BCUT2D eigenvalue weighted by Crippen LogP contribution is -2.07. The quantitative estimate of drug-likeness (QED) is 0.311. The Kier molecular flexibility index (Phi) is 4.91. The summed E-state index contributed by atoms with van der Waals surface area (Å²) in [5.41, 5.74) is 1.15. The molecule has 0 unspecified atom stereocenters. The molecule has 4 aromatic rings. The van der Waals surface area contributed by atoms with Crippen molar-refractivity contribution in [3.05, 3.63) is 101 Å². The number of ketones is 1. The van der Waals surface area contributed by atoms with Crippen LogP contribution in [0.15, 0.2) is 79.0 Å². The number of pyridine rings is 1. The number of alkyl halides is 3. The molecule has 0 atom stereocenters. The Morgan fingerprint density at radius 2 is 1.67 bits per heavy atom. The van der Waals surface area contributed by atoms with Crippen LogP contribution in [0.4, 0.5) is 13.2 Å². The summed E-state index contributed by atoms with van der Waals surface area (Å²) in [5, 5.41) is 0.189. The van der Waals surface area contributed by atoms with Crippen molar-refractivity contribution in [3.8, 4) is 11.1 Å². The zero-order valence-electron chi connectivity index (χ0n) is 15.5. The lowest BCUT2D eigenvalue weighted by molar-refractivity contribution is -0.137. The number of carbonyl (C=O) groups excluding carboxylic acids is 2. The Balaban J connectivity index is 2.06. The lowest BCUT2D eigenvalue weighted by atomic mass is 9.91. The van der Waals surface area contributed by atoms with Gasteiger partial charge in [-0.15, -0.1) is 0 Å². The number of nitrogens with zero attached hydrogens (tertiary/aromatic N) is 1. The van der Waals surface area contributed by atoms with E-state index in [-0.39, 0.29) is 16.7 Å². The summed E-state index contributed by atoms with van der Waals surface area (Å²) in [6.07, 6.45) is -2.53. The summed E-state index contributed by atoms with van der Waals surface area (Å²) in [5.74, 6) is -0.367. The Morgan fingerprint density at radius 3 is 2.37 bits per heavy atom. The number of hydrogen-bond acceptors (Lipinski definition) is 3. The van der Waals surface area contributed by atoms with Crippen molar-refractivity contribution in [2.75, 3.05) is 0 Å². The maximum Gasteiger partial charge on any atom is 0.416 e. The molecule has 3 aromatic carbocycles. The van der Waals surface area contributed by atoms with Crippen LogP contribution in [0.2, 0.25) is 0 Å². The normalized spacial score (nSPS) is 11.4. The first kappa shape index (κ1) is 19.5. The molecule has 1 aromatic heterocycles. The van der Waals surface area contributed by atoms with Crippen LogP contribution >= 0.6 is 0 Å². The first-order valence-corrected chi connectivity index (χ1v) is 9.04. The molecule has 3 nitrogen and oxygen atoms in total. The van der Waals surface area contributed by atoms with Crippen LogP contribution in [0.25, 0.3) is 22.0 Å². The smallest absolute Gasteiger partial charge is 0.298 e. The molecule has 0 bridgehead atoms. The van der Waals surface area contributed by atoms with E-state index in [9.17, 15) is 22.8 Å². The maximum absolute atomic E-state index is 13.4. The summed E-state index contributed by atoms with van der Waals surface area (Å²) < 4.78 is 40.1. The van der Waals surface area contributed by atoms with E-state index in [1.807, 2.05) is 0 Å². The number of aromatic nitrogens is 1. The van der Waals surface area contributed by atoms with Crippen LogP contribution < -0.4 is 0 Å². The number of hydrogen-bond donors (Lipinski definition) is 0. The van der Waals surface area contributed by atoms with E-state index in [1.54, 1.807) is 54.6 Å². The van der Waals surface area contributed by atoms with Gasteiger partial charge in [0.25, 0.3) is 0 Å². The first-order valence-electron chi connectivity index (χ1n) is 9.04. The van der Waals surface area contributed by atoms with Crippen LogP contribution in [0.1, 0.15) is 31.8 Å². The zero-order valence-corrected chi connectivity index (χ0v) is 15.5. The van der Waals surface area contributed by atoms with E-state index in [4.69, 9.17) is 0 Å². The standard InChI is InChI=1S/C24H14F3NO2/c25-24(26,27)18-9-10-21-19(12-18)22(17-8-4-5-15(11-17)14-29)20(13-28-21)23(30)16-6-2-1-3-7-16/h1-14H. The molecule has 0 aliphatic heterocycles. The average molecular weight is 405 g/mol. The molecule has 6 heteroatoms. The second-order valence-electron chi connectivity index (χ2n) is 6.72. The molecule has 0 aliphatic rings. The fourth-order valence-electron chi connectivity index (χ4n) is 3.36. The van der Waals surface area contributed by atoms with Crippen LogP contribution in [-0.2, 0) is 6.18 Å². The second-order valence-corrected chi connectivity index (χ2v) is 6.72. The summed E-state index contributed by atoms with van der Waals surface area (Å²) >= 11 is 0. The van der Waals surface area contributed by atoms with E-state index >= 15 is 0 Å². The monoisotopic (exact) mass is 405 g/mol. The van der Waals surface area contributed by atoms with Gasteiger partial charge in [0.2, 0.25) is 0 Å². The molecule has 0 aliphatic carbocycles. The number of rotatable bonds is 4. The predicted octanol–water partition coefficient (Wildman–Crippen LogP) is 5.96. The Labute approximate surface area is 169 Å². The third-order valence-corrected chi connectivity index (χ3v) is 4.79. The van der Waals surface area contributed by atoms with Crippen molar-refractivity contribution in [2.24, 2.45) is 0 Å². The highest BCUT2D eigenvalue weighted by Gasteiger charge is 2.31. The van der Waals surface area contributed by atoms with Gasteiger partial charge in [-0.2, -0.15) is 13.2 Å². The fraction of sp³-hybridized carbons (Fsp3) is 0.0417. The maximum atomic E-state index is 13.4. The number of benzene rings is 3. The van der Waals surface area contributed by atoms with Crippen molar-refractivity contribution in [1.82, 2.24) is 4.98 Å². The lowest BCUT2D eigenvalue weighted by Gasteiger charge is -2.15. The third kappa shape index (κ3) is 3.59. The van der Waals surface area contributed by atoms with Crippen molar-refractivity contribution in [2.45, 2.75) is 6.18 Å². The molecule has 148 valence electrons. The highest BCUT2D eigenvalue weighted by atomic mass is 19.4. The van der Waals surface area contributed by atoms with Crippen LogP contribution in [0, 0.1) is 0 Å². The highest BCUT2D eigenvalue weighted by Crippen LogP contribution is 2.37. The first-order chi connectivity index (χ1) is 14.4. The molecule has 1 heterocycles. The third-order valence-electron chi connectivity index (χ3n) is 4.79. The topological polar surface area (TPSA) is 47.0 Å². The Bertz CT molecular complexity index is 1260. The van der Waals surface area contributed by atoms with Crippen LogP contribution in [-0.4, -0.2) is 17.1 Å². The van der Waals surface area contributed by atoms with Gasteiger partial charge in [0.1, 0.15) is 6.29 Å². The molecule has 0 spiro atoms. The fourth-order valence-corrected chi connectivity index (χ4v) is 3.36. The molecule has 0 amide bonds. The van der Waals surface area contributed by atoms with E-state index in [0.29, 0.717) is 34.1 Å². The Hall–Kier alpha value is -3.80. The SMILES string of the molecule is O=Cc1cccc(-c2c(C(=O)c3ccccc3)cnc3ccc(C(F)(F)F)cc23)c1. The van der Waals surface area contributed by atoms with E-state index in [1.165, 1.54) is 12.3 Å². The molecule has 0 saturated heterocycles. The van der Waals surface area contributed by atoms with Crippen molar-refractivity contribution < 1.29 is 22.8 Å². The molecule has 0 radical (unpaired) electrons. The van der Waals surface area contributed by atoms with Gasteiger partial charge in [0, 0.05) is 33.8 Å². The van der Waals surface area contributed by atoms with Gasteiger partial charge in [0.05, 0.1) is 11.1 Å². The second kappa shape index (κ2) is 7.55. The molecule has 0 N–H and O–H groups in total. The number of halogens is 3. The van der Waals surface area contributed by atoms with Gasteiger partial charge in [0.15, 0.2) is 5.78 Å². The minimum atomic E-state index is -4.55. The van der Waals surface area contributed by atoms with Crippen LogP contribution in [0.3, 0.4) is 0 Å². The van der Waals surface area contributed by atoms with Gasteiger partial charge in [-0.1, -0.05) is 48.5 Å². The van der Waals surface area contributed by atoms with E-state index in [0.717, 1.165) is 12.1 Å². The van der Waals surface area contributed by atoms with Gasteiger partial charge in [-0.3, -0.25) is 14.6 Å². The molecule has 0 saturated carbocycles. The predicted molar refractivity (Wildman–Crippen MR) is 107 cm³/mol. The number of carbonyl (C=O) groups is 2. The minimum Gasteiger partial charge on any atom is -0.298 e. The molecular formula is C24H14F3NO2. The van der Waals surface area contributed by atoms with Crippen molar-refractivity contribution >= 4 is 23.0 Å². The van der Waals surface area contributed by atoms with Gasteiger partial charge in [-0.25, -0.2) is 0 Å². The largest absolute Gasteiger partial charge is 0.416 e. The summed E-state index contributed by atoms with van der Waals surface area (Å²) in [6.45, 7) is 0. The van der Waals surface area contributed by atoms with Gasteiger partial charge in [-0.05, 0) is 29.8 Å². The minimum absolute atomic E-state index is 0.163. The summed E-state index contributed by atoms with van der Waals surface area (Å²) in [6, 6.07) is 18.1. The van der Waals surface area contributed by atoms with Crippen molar-refractivity contribution in [1.29, 1.82) is 0 Å². The van der Waals surface area contributed by atoms with Crippen LogP contribution in [0.5, 0.6) is 0 Å². The highest BCUT2D eigenvalue weighted by molar-refractivity contribution is 6.16. The molecular weight excluding hydrogens is 391 g/mol. The zero-order chi connectivity index (χ0) is 21.3. The summed E-state index contributed by atoms with van der Waals surface area (Å²) in [4.78, 5) is 28.7. The van der Waals surface area contributed by atoms with Crippen molar-refractivity contribution in [3.63, 3.8) is 0 Å². The van der Waals surface area contributed by atoms with E-state index < -0.39 is 11.7 Å². The van der Waals surface area contributed by atoms with E-state index in [2.05, 4.69) is 4.98 Å². The number of fused-ring (bicyclic) bond motifs is 1. The summed E-state index contributed by atoms with van der Waals surface area (Å²) in [7, 11) is 0. The molecule has 4 rings (SSSR count). The molecule has 0 fully saturated rings. The average Bonchev–Trinajstić information content (AvgIpc) is 2.77. The molecule has 30 heavy (non-hydrogen) atoms. The van der Waals surface area contributed by atoms with Gasteiger partial charge < -0.3 is 0 Å².